The van der Waals surface area contributed by atoms with E-state index in [0.29, 0.717) is 0 Å². The maximum atomic E-state index is 11.6. The van der Waals surface area contributed by atoms with Gasteiger partial charge in [0.2, 0.25) is 0 Å². The fourth-order valence-corrected chi connectivity index (χ4v) is 1.07. The van der Waals surface area contributed by atoms with Gasteiger partial charge in [-0.2, -0.15) is 5.26 Å². The fourth-order valence-electron chi connectivity index (χ4n) is 1.07. The van der Waals surface area contributed by atoms with Crippen LogP contribution in [-0.2, 0) is 9.53 Å². The Morgan fingerprint density at radius 2 is 2.00 bits per heavy atom. The number of amides is 1. The van der Waals surface area contributed by atoms with Gasteiger partial charge < -0.3 is 9.84 Å². The third-order valence-corrected chi connectivity index (χ3v) is 2.06. The molecule has 6 nitrogen and oxygen atoms in total. The van der Waals surface area contributed by atoms with E-state index in [1.807, 2.05) is 19.9 Å². The summed E-state index contributed by atoms with van der Waals surface area (Å²) in [5.41, 5.74) is 0. The van der Waals surface area contributed by atoms with Crippen LogP contribution in [-0.4, -0.2) is 41.3 Å². The summed E-state index contributed by atoms with van der Waals surface area (Å²) in [7, 11) is 0. The summed E-state index contributed by atoms with van der Waals surface area (Å²) in [6, 6.07) is 0.872. The van der Waals surface area contributed by atoms with Crippen LogP contribution in [0.3, 0.4) is 0 Å². The molecule has 1 atom stereocenters. The maximum absolute atomic E-state index is 11.6. The van der Waals surface area contributed by atoms with Gasteiger partial charge in [0, 0.05) is 6.54 Å². The van der Waals surface area contributed by atoms with Gasteiger partial charge in [-0.1, -0.05) is 13.8 Å². The Morgan fingerprint density at radius 1 is 1.41 bits per heavy atom. The molecule has 0 spiro atoms. The van der Waals surface area contributed by atoms with Gasteiger partial charge in [0.25, 0.3) is 0 Å². The predicted molar refractivity (Wildman–Crippen MR) is 60.2 cm³/mol. The maximum Gasteiger partial charge on any atom is 0.410 e. The molecule has 0 fully saturated rings. The van der Waals surface area contributed by atoms with E-state index >= 15 is 0 Å². The standard InChI is InChI=1S/C11H18N2O4/c1-8(2)7-17-11(16)13(6-4-5-12)9(3)10(14)15/h8-9H,4,6-7H2,1-3H3,(H,14,15). The second-order valence-electron chi connectivity index (χ2n) is 4.09. The molecule has 0 aromatic rings. The predicted octanol–water partition coefficient (Wildman–Crippen LogP) is 1.47. The highest BCUT2D eigenvalue weighted by molar-refractivity contribution is 5.79. The number of carbonyl (C=O) groups is 2. The van der Waals surface area contributed by atoms with E-state index in [-0.39, 0.29) is 25.5 Å². The normalized spacial score (nSPS) is 11.7. The number of hydrogen-bond donors (Lipinski definition) is 1. The summed E-state index contributed by atoms with van der Waals surface area (Å²) in [6.07, 6.45) is -0.613. The molecule has 6 heteroatoms. The molecule has 0 rings (SSSR count). The number of rotatable bonds is 6. The monoisotopic (exact) mass is 242 g/mol. The topological polar surface area (TPSA) is 90.6 Å². The summed E-state index contributed by atoms with van der Waals surface area (Å²) in [6.45, 7) is 5.44. The van der Waals surface area contributed by atoms with Gasteiger partial charge in [-0.3, -0.25) is 4.90 Å². The van der Waals surface area contributed by atoms with Crippen molar-refractivity contribution in [3.05, 3.63) is 0 Å². The Morgan fingerprint density at radius 3 is 2.41 bits per heavy atom. The van der Waals surface area contributed by atoms with Crippen LogP contribution in [0.4, 0.5) is 4.79 Å². The molecule has 0 aromatic heterocycles. The molecule has 1 N–H and O–H groups in total. The van der Waals surface area contributed by atoms with Crippen molar-refractivity contribution in [3.8, 4) is 6.07 Å². The SMILES string of the molecule is CC(C)COC(=O)N(CCC#N)C(C)C(=O)O. The summed E-state index contributed by atoms with van der Waals surface area (Å²) < 4.78 is 4.95. The highest BCUT2D eigenvalue weighted by Crippen LogP contribution is 2.05. The van der Waals surface area contributed by atoms with Crippen molar-refractivity contribution >= 4 is 12.1 Å². The second-order valence-corrected chi connectivity index (χ2v) is 4.09. The van der Waals surface area contributed by atoms with Crippen molar-refractivity contribution in [1.82, 2.24) is 4.90 Å². The van der Waals surface area contributed by atoms with Gasteiger partial charge in [0.15, 0.2) is 0 Å². The minimum absolute atomic E-state index is 0.0564. The average molecular weight is 242 g/mol. The number of aliphatic carboxylic acids is 1. The van der Waals surface area contributed by atoms with E-state index in [1.165, 1.54) is 6.92 Å². The number of ether oxygens (including phenoxy) is 1. The van der Waals surface area contributed by atoms with Gasteiger partial charge in [-0.15, -0.1) is 0 Å². The van der Waals surface area contributed by atoms with Crippen LogP contribution in [0.5, 0.6) is 0 Å². The largest absolute Gasteiger partial charge is 0.480 e. The molecule has 0 bridgehead atoms. The molecule has 0 radical (unpaired) electrons. The molecule has 0 aliphatic heterocycles. The molecule has 1 amide bonds. The van der Waals surface area contributed by atoms with Crippen molar-refractivity contribution < 1.29 is 19.4 Å². The van der Waals surface area contributed by atoms with Crippen LogP contribution in [0, 0.1) is 17.2 Å². The van der Waals surface area contributed by atoms with E-state index in [9.17, 15) is 9.59 Å². The zero-order valence-corrected chi connectivity index (χ0v) is 10.3. The molecule has 17 heavy (non-hydrogen) atoms. The van der Waals surface area contributed by atoms with Crippen molar-refractivity contribution in [1.29, 1.82) is 5.26 Å². The molecular formula is C11H18N2O4. The van der Waals surface area contributed by atoms with Crippen molar-refractivity contribution in [2.24, 2.45) is 5.92 Å². The third kappa shape index (κ3) is 5.76. The first-order valence-electron chi connectivity index (χ1n) is 5.43. The fraction of sp³-hybridized carbons (Fsp3) is 0.727. The zero-order chi connectivity index (χ0) is 13.4. The van der Waals surface area contributed by atoms with E-state index < -0.39 is 18.1 Å². The number of carboxylic acid groups (broad SMARTS) is 1. The number of hydrogen-bond acceptors (Lipinski definition) is 4. The van der Waals surface area contributed by atoms with Crippen LogP contribution < -0.4 is 0 Å². The van der Waals surface area contributed by atoms with E-state index in [0.717, 1.165) is 4.90 Å². The minimum Gasteiger partial charge on any atom is -0.480 e. The van der Waals surface area contributed by atoms with Crippen LogP contribution in [0.1, 0.15) is 27.2 Å². The minimum atomic E-state index is -1.12. The Kier molecular flexibility index (Phi) is 6.71. The summed E-state index contributed by atoms with van der Waals surface area (Å²) >= 11 is 0. The average Bonchev–Trinajstić information content (AvgIpc) is 2.26. The molecule has 0 aromatic carbocycles. The molecule has 96 valence electrons. The molecule has 0 saturated carbocycles. The number of carboxylic acids is 1. The smallest absolute Gasteiger partial charge is 0.410 e. The Bertz CT molecular complexity index is 309. The highest BCUT2D eigenvalue weighted by Gasteiger charge is 2.26. The Labute approximate surface area is 101 Å². The van der Waals surface area contributed by atoms with E-state index in [2.05, 4.69) is 0 Å². The molecule has 1 unspecified atom stereocenters. The molecule has 0 saturated heterocycles. The van der Waals surface area contributed by atoms with Gasteiger partial charge in [-0.05, 0) is 12.8 Å². The van der Waals surface area contributed by atoms with E-state index in [1.54, 1.807) is 0 Å². The van der Waals surface area contributed by atoms with Gasteiger partial charge in [0.1, 0.15) is 6.04 Å². The summed E-state index contributed by atoms with van der Waals surface area (Å²) in [5, 5.41) is 17.3. The lowest BCUT2D eigenvalue weighted by atomic mass is 10.2. The van der Waals surface area contributed by atoms with Gasteiger partial charge in [0.05, 0.1) is 19.1 Å². The van der Waals surface area contributed by atoms with Crippen molar-refractivity contribution in [2.75, 3.05) is 13.2 Å². The number of carbonyl (C=O) groups excluding carboxylic acids is 1. The molecular weight excluding hydrogens is 224 g/mol. The number of nitrogens with zero attached hydrogens (tertiary/aromatic N) is 2. The van der Waals surface area contributed by atoms with Crippen molar-refractivity contribution in [3.63, 3.8) is 0 Å². The third-order valence-electron chi connectivity index (χ3n) is 2.06. The molecule has 0 aliphatic rings. The highest BCUT2D eigenvalue weighted by atomic mass is 16.6. The quantitative estimate of drug-likeness (QED) is 0.761. The zero-order valence-electron chi connectivity index (χ0n) is 10.3. The van der Waals surface area contributed by atoms with Gasteiger partial charge in [-0.25, -0.2) is 9.59 Å². The molecule has 0 aliphatic carbocycles. The lowest BCUT2D eigenvalue weighted by Crippen LogP contribution is -2.44. The lowest BCUT2D eigenvalue weighted by molar-refractivity contribution is -0.142. The first-order valence-corrected chi connectivity index (χ1v) is 5.43. The Hall–Kier alpha value is -1.77. The first kappa shape index (κ1) is 15.2. The van der Waals surface area contributed by atoms with Gasteiger partial charge >= 0.3 is 12.1 Å². The van der Waals surface area contributed by atoms with Crippen LogP contribution in [0.15, 0.2) is 0 Å². The second kappa shape index (κ2) is 7.49. The summed E-state index contributed by atoms with van der Waals surface area (Å²) in [4.78, 5) is 23.5. The van der Waals surface area contributed by atoms with E-state index in [4.69, 9.17) is 15.1 Å². The summed E-state index contributed by atoms with van der Waals surface area (Å²) in [5.74, 6) is -0.943. The van der Waals surface area contributed by atoms with Crippen molar-refractivity contribution in [2.45, 2.75) is 33.2 Å². The first-order chi connectivity index (χ1) is 7.90. The van der Waals surface area contributed by atoms with Crippen LogP contribution in [0.2, 0.25) is 0 Å². The molecule has 0 heterocycles. The van der Waals surface area contributed by atoms with Crippen LogP contribution >= 0.6 is 0 Å². The lowest BCUT2D eigenvalue weighted by Gasteiger charge is -2.25. The Balaban J connectivity index is 4.51. The number of nitriles is 1. The van der Waals surface area contributed by atoms with Crippen LogP contribution in [0.25, 0.3) is 0 Å².